The number of piperazine rings is 1. The van der Waals surface area contributed by atoms with Gasteiger partial charge in [0, 0.05) is 43.5 Å². The number of benzene rings is 1. The summed E-state index contributed by atoms with van der Waals surface area (Å²) in [5.74, 6) is 1.62. The van der Waals surface area contributed by atoms with Crippen molar-refractivity contribution in [1.82, 2.24) is 24.5 Å². The lowest BCUT2D eigenvalue weighted by Crippen LogP contribution is -2.49. The first-order valence-electron chi connectivity index (χ1n) is 9.15. The zero-order valence-corrected chi connectivity index (χ0v) is 15.9. The van der Waals surface area contributed by atoms with E-state index in [1.165, 1.54) is 12.1 Å². The van der Waals surface area contributed by atoms with Crippen LogP contribution >= 0.6 is 0 Å². The maximum absolute atomic E-state index is 12.9. The molecule has 3 aromatic rings. The van der Waals surface area contributed by atoms with Crippen LogP contribution in [0.3, 0.4) is 0 Å². The maximum atomic E-state index is 12.9. The van der Waals surface area contributed by atoms with Crippen molar-refractivity contribution in [1.29, 1.82) is 0 Å². The Morgan fingerprint density at radius 3 is 2.45 bits per heavy atom. The van der Waals surface area contributed by atoms with Crippen molar-refractivity contribution in [2.45, 2.75) is 20.0 Å². The van der Waals surface area contributed by atoms with Crippen molar-refractivity contribution in [3.8, 4) is 0 Å². The van der Waals surface area contributed by atoms with Crippen molar-refractivity contribution < 1.29 is 18.0 Å². The van der Waals surface area contributed by atoms with Crippen molar-refractivity contribution in [3.63, 3.8) is 0 Å². The summed E-state index contributed by atoms with van der Waals surface area (Å²) >= 11 is 0. The quantitative estimate of drug-likeness (QED) is 0.657. The van der Waals surface area contributed by atoms with Gasteiger partial charge >= 0.3 is 6.18 Å². The summed E-state index contributed by atoms with van der Waals surface area (Å²) in [5.41, 5.74) is 0.177. The van der Waals surface area contributed by atoms with Crippen LogP contribution in [0.2, 0.25) is 0 Å². The number of fused-ring (bicyclic) bond motifs is 1. The maximum Gasteiger partial charge on any atom is 0.416 e. The fourth-order valence-corrected chi connectivity index (χ4v) is 3.53. The molecule has 0 bridgehead atoms. The summed E-state index contributed by atoms with van der Waals surface area (Å²) in [6.07, 6.45) is -4.47. The van der Waals surface area contributed by atoms with E-state index < -0.39 is 17.6 Å². The van der Waals surface area contributed by atoms with Crippen LogP contribution in [-0.4, -0.2) is 56.6 Å². The van der Waals surface area contributed by atoms with E-state index >= 15 is 0 Å². The molecule has 0 aliphatic carbocycles. The van der Waals surface area contributed by atoms with E-state index in [0.717, 1.165) is 29.5 Å². The second-order valence-corrected chi connectivity index (χ2v) is 7.00. The Kier molecular flexibility index (Phi) is 4.64. The van der Waals surface area contributed by atoms with E-state index in [1.54, 1.807) is 4.90 Å². The van der Waals surface area contributed by atoms with Gasteiger partial charge in [0.25, 0.3) is 11.7 Å². The third-order valence-electron chi connectivity index (χ3n) is 5.04. The molecule has 1 aromatic carbocycles. The number of hydrogen-bond acceptors (Lipinski definition) is 5. The third-order valence-corrected chi connectivity index (χ3v) is 5.04. The van der Waals surface area contributed by atoms with Gasteiger partial charge in [-0.15, -0.1) is 10.2 Å². The zero-order valence-electron chi connectivity index (χ0n) is 15.9. The van der Waals surface area contributed by atoms with Crippen LogP contribution in [-0.2, 0) is 6.18 Å². The number of carbonyl (C=O) groups excluding carboxylic acids is 1. The average Bonchev–Trinajstić information content (AvgIpc) is 3.08. The third kappa shape index (κ3) is 3.62. The van der Waals surface area contributed by atoms with Crippen LogP contribution in [0, 0.1) is 13.8 Å². The lowest BCUT2D eigenvalue weighted by molar-refractivity contribution is -0.137. The molecule has 0 saturated carbocycles. The number of hydrogen-bond donors (Lipinski definition) is 0. The number of aryl methyl sites for hydroxylation is 2. The van der Waals surface area contributed by atoms with E-state index in [4.69, 9.17) is 0 Å². The van der Waals surface area contributed by atoms with Gasteiger partial charge in [-0.25, -0.2) is 0 Å². The normalized spacial score (nSPS) is 15.2. The van der Waals surface area contributed by atoms with E-state index in [0.29, 0.717) is 32.0 Å². The van der Waals surface area contributed by atoms with Gasteiger partial charge in [0.05, 0.1) is 5.56 Å². The lowest BCUT2D eigenvalue weighted by atomic mass is 10.1. The predicted molar refractivity (Wildman–Crippen MR) is 99.8 cm³/mol. The van der Waals surface area contributed by atoms with Crippen LogP contribution in [0.1, 0.15) is 27.4 Å². The molecule has 3 heterocycles. The lowest BCUT2D eigenvalue weighted by Gasteiger charge is -2.35. The Bertz CT molecular complexity index is 1070. The Morgan fingerprint density at radius 2 is 1.76 bits per heavy atom. The van der Waals surface area contributed by atoms with Crippen molar-refractivity contribution in [2.75, 3.05) is 31.1 Å². The van der Waals surface area contributed by atoms with Crippen molar-refractivity contribution >= 4 is 17.5 Å². The monoisotopic (exact) mass is 404 g/mol. The molecule has 4 rings (SSSR count). The first-order chi connectivity index (χ1) is 13.7. The molecule has 2 aromatic heterocycles. The summed E-state index contributed by atoms with van der Waals surface area (Å²) in [7, 11) is 0. The summed E-state index contributed by atoms with van der Waals surface area (Å²) < 4.78 is 40.6. The van der Waals surface area contributed by atoms with E-state index in [2.05, 4.69) is 15.2 Å². The van der Waals surface area contributed by atoms with Gasteiger partial charge in [0.2, 0.25) is 0 Å². The first kappa shape index (κ1) is 19.2. The number of alkyl halides is 3. The largest absolute Gasteiger partial charge is 0.416 e. The minimum atomic E-state index is -4.47. The molecule has 1 saturated heterocycles. The van der Waals surface area contributed by atoms with E-state index in [9.17, 15) is 18.0 Å². The summed E-state index contributed by atoms with van der Waals surface area (Å²) in [5, 5.41) is 8.10. The van der Waals surface area contributed by atoms with Crippen LogP contribution in [0.25, 0.3) is 5.78 Å². The van der Waals surface area contributed by atoms with E-state index in [-0.39, 0.29) is 5.56 Å². The van der Waals surface area contributed by atoms with Crippen LogP contribution < -0.4 is 4.90 Å². The van der Waals surface area contributed by atoms with Gasteiger partial charge in [-0.2, -0.15) is 18.2 Å². The van der Waals surface area contributed by atoms with E-state index in [1.807, 2.05) is 29.2 Å². The number of rotatable bonds is 2. The highest BCUT2D eigenvalue weighted by Crippen LogP contribution is 2.30. The number of aromatic nitrogens is 4. The van der Waals surface area contributed by atoms with Crippen molar-refractivity contribution in [3.05, 3.63) is 53.0 Å². The van der Waals surface area contributed by atoms with Crippen LogP contribution in [0.5, 0.6) is 0 Å². The molecule has 152 valence electrons. The molecule has 1 aliphatic rings. The Labute approximate surface area is 164 Å². The number of carbonyl (C=O) groups is 1. The topological polar surface area (TPSA) is 66.6 Å². The fraction of sp³-hybridized carbons (Fsp3) is 0.368. The van der Waals surface area contributed by atoms with Gasteiger partial charge < -0.3 is 9.80 Å². The van der Waals surface area contributed by atoms with Crippen LogP contribution in [0.15, 0.2) is 30.3 Å². The first-order valence-corrected chi connectivity index (χ1v) is 9.15. The molecule has 10 heteroatoms. The standard InChI is InChI=1S/C19H19F3N6O/c1-12-10-16(23-18-25-24-13(2)28(12)18)26-6-8-27(9-7-26)17(29)14-4-3-5-15(11-14)19(20,21)22/h3-5,10-11H,6-9H2,1-2H3. The molecular formula is C19H19F3N6O. The summed E-state index contributed by atoms with van der Waals surface area (Å²) in [6.45, 7) is 5.65. The Morgan fingerprint density at radius 1 is 1.03 bits per heavy atom. The molecule has 1 amide bonds. The second kappa shape index (κ2) is 7.02. The number of halogens is 3. The predicted octanol–water partition coefficient (Wildman–Crippen LogP) is 2.72. The van der Waals surface area contributed by atoms with Gasteiger partial charge in [0.1, 0.15) is 11.6 Å². The number of nitrogens with zero attached hydrogens (tertiary/aromatic N) is 6. The summed E-state index contributed by atoms with van der Waals surface area (Å²) in [6, 6.07) is 6.48. The smallest absolute Gasteiger partial charge is 0.353 e. The Hall–Kier alpha value is -3.17. The molecule has 0 N–H and O–H groups in total. The molecule has 1 fully saturated rings. The van der Waals surface area contributed by atoms with Crippen molar-refractivity contribution in [2.24, 2.45) is 0 Å². The number of amides is 1. The fourth-order valence-electron chi connectivity index (χ4n) is 3.53. The minimum absolute atomic E-state index is 0.0441. The molecule has 7 nitrogen and oxygen atoms in total. The minimum Gasteiger partial charge on any atom is -0.353 e. The van der Waals surface area contributed by atoms with Gasteiger partial charge in [-0.3, -0.25) is 9.20 Å². The van der Waals surface area contributed by atoms with Gasteiger partial charge in [0.15, 0.2) is 0 Å². The average molecular weight is 404 g/mol. The molecule has 1 aliphatic heterocycles. The highest BCUT2D eigenvalue weighted by molar-refractivity contribution is 5.94. The van der Waals surface area contributed by atoms with Gasteiger partial charge in [-0.05, 0) is 32.0 Å². The second-order valence-electron chi connectivity index (χ2n) is 7.00. The molecule has 0 unspecified atom stereocenters. The SMILES string of the molecule is Cc1cc(N2CCN(C(=O)c3cccc(C(F)(F)F)c3)CC2)nc2nnc(C)n12. The number of anilines is 1. The highest BCUT2D eigenvalue weighted by Gasteiger charge is 2.32. The van der Waals surface area contributed by atoms with Crippen LogP contribution in [0.4, 0.5) is 19.0 Å². The highest BCUT2D eigenvalue weighted by atomic mass is 19.4. The summed E-state index contributed by atoms with van der Waals surface area (Å²) in [4.78, 5) is 20.8. The molecule has 0 radical (unpaired) electrons. The molecule has 29 heavy (non-hydrogen) atoms. The zero-order chi connectivity index (χ0) is 20.8. The Balaban J connectivity index is 1.48. The van der Waals surface area contributed by atoms with Gasteiger partial charge in [-0.1, -0.05) is 6.07 Å². The molecule has 0 spiro atoms. The molecular weight excluding hydrogens is 385 g/mol. The molecule has 0 atom stereocenters.